The van der Waals surface area contributed by atoms with Crippen molar-refractivity contribution < 1.29 is 19.4 Å². The van der Waals surface area contributed by atoms with E-state index >= 15 is 0 Å². The summed E-state index contributed by atoms with van der Waals surface area (Å²) in [5.74, 6) is -0.256. The Hall–Kier alpha value is -0.650. The van der Waals surface area contributed by atoms with Gasteiger partial charge in [-0.15, -0.1) is 0 Å². The molecule has 3 N–H and O–H groups in total. The number of nitrogens with two attached hydrogens (primary N) is 1. The number of hydrogen-bond acceptors (Lipinski definition) is 5. The smallest absolute Gasteiger partial charge is 0.308 e. The molecule has 0 aromatic heterocycles. The third-order valence-corrected chi connectivity index (χ3v) is 3.96. The first-order valence-corrected chi connectivity index (χ1v) is 6.84. The van der Waals surface area contributed by atoms with Gasteiger partial charge in [0.1, 0.15) is 12.2 Å². The molecule has 5 heteroatoms. The third-order valence-electron chi connectivity index (χ3n) is 3.96. The lowest BCUT2D eigenvalue weighted by Crippen LogP contribution is -2.44. The molecular formula is C13H23NO4. The van der Waals surface area contributed by atoms with Crippen molar-refractivity contribution in [2.24, 2.45) is 5.73 Å². The SMILES string of the molecule is NC1(CC(=O)OC2CCOC2CO)CCCCC1. The summed E-state index contributed by atoms with van der Waals surface area (Å²) < 4.78 is 10.7. The molecule has 18 heavy (non-hydrogen) atoms. The second-order valence-electron chi connectivity index (χ2n) is 5.51. The molecule has 0 amide bonds. The van der Waals surface area contributed by atoms with Crippen molar-refractivity contribution in [3.05, 3.63) is 0 Å². The number of hydrogen-bond donors (Lipinski definition) is 2. The number of ether oxygens (including phenoxy) is 2. The Balaban J connectivity index is 1.80. The van der Waals surface area contributed by atoms with Gasteiger partial charge in [-0.3, -0.25) is 4.79 Å². The highest BCUT2D eigenvalue weighted by atomic mass is 16.6. The molecule has 0 spiro atoms. The lowest BCUT2D eigenvalue weighted by molar-refractivity contribution is -0.154. The van der Waals surface area contributed by atoms with Crippen molar-refractivity contribution in [1.82, 2.24) is 0 Å². The number of aliphatic hydroxyl groups excluding tert-OH is 1. The summed E-state index contributed by atoms with van der Waals surface area (Å²) in [6.45, 7) is 0.433. The van der Waals surface area contributed by atoms with E-state index in [-0.39, 0.29) is 36.7 Å². The highest BCUT2D eigenvalue weighted by Gasteiger charge is 2.35. The lowest BCUT2D eigenvalue weighted by Gasteiger charge is -2.32. The molecule has 1 saturated heterocycles. The predicted octanol–water partition coefficient (Wildman–Crippen LogP) is 0.731. The van der Waals surface area contributed by atoms with E-state index in [2.05, 4.69) is 0 Å². The molecule has 2 rings (SSSR count). The highest BCUT2D eigenvalue weighted by molar-refractivity contribution is 5.71. The van der Waals surface area contributed by atoms with Crippen LogP contribution in [0.1, 0.15) is 44.9 Å². The zero-order chi connectivity index (χ0) is 13.0. The van der Waals surface area contributed by atoms with E-state index < -0.39 is 0 Å². The van der Waals surface area contributed by atoms with Gasteiger partial charge in [-0.05, 0) is 12.8 Å². The Morgan fingerprint density at radius 2 is 2.11 bits per heavy atom. The van der Waals surface area contributed by atoms with Gasteiger partial charge >= 0.3 is 5.97 Å². The first-order valence-electron chi connectivity index (χ1n) is 6.84. The topological polar surface area (TPSA) is 81.8 Å². The first kappa shape index (κ1) is 13.8. The molecule has 0 bridgehead atoms. The first-order chi connectivity index (χ1) is 8.63. The van der Waals surface area contributed by atoms with Gasteiger partial charge < -0.3 is 20.3 Å². The molecule has 2 unspecified atom stereocenters. The molecule has 1 aliphatic heterocycles. The molecule has 2 atom stereocenters. The predicted molar refractivity (Wildman–Crippen MR) is 65.9 cm³/mol. The van der Waals surface area contributed by atoms with Gasteiger partial charge in [-0.2, -0.15) is 0 Å². The average molecular weight is 257 g/mol. The van der Waals surface area contributed by atoms with Crippen LogP contribution in [-0.2, 0) is 14.3 Å². The van der Waals surface area contributed by atoms with E-state index in [9.17, 15) is 4.79 Å². The highest BCUT2D eigenvalue weighted by Crippen LogP contribution is 2.29. The van der Waals surface area contributed by atoms with Gasteiger partial charge in [-0.1, -0.05) is 19.3 Å². The molecule has 0 aromatic carbocycles. The summed E-state index contributed by atoms with van der Waals surface area (Å²) in [6.07, 6.45) is 5.45. The molecule has 1 heterocycles. The fourth-order valence-electron chi connectivity index (χ4n) is 2.86. The zero-order valence-electron chi connectivity index (χ0n) is 10.8. The molecule has 1 aliphatic carbocycles. The maximum atomic E-state index is 11.9. The van der Waals surface area contributed by atoms with E-state index in [4.69, 9.17) is 20.3 Å². The maximum absolute atomic E-state index is 11.9. The molecule has 1 saturated carbocycles. The normalized spacial score (nSPS) is 31.2. The molecule has 0 aromatic rings. The summed E-state index contributed by atoms with van der Waals surface area (Å²) in [5, 5.41) is 9.08. The van der Waals surface area contributed by atoms with Crippen LogP contribution in [0.4, 0.5) is 0 Å². The Morgan fingerprint density at radius 3 is 2.78 bits per heavy atom. The Labute approximate surface area is 108 Å². The Kier molecular flexibility index (Phi) is 4.59. The van der Waals surface area contributed by atoms with Crippen molar-refractivity contribution >= 4 is 5.97 Å². The quantitative estimate of drug-likeness (QED) is 0.726. The largest absolute Gasteiger partial charge is 0.459 e. The van der Waals surface area contributed by atoms with Crippen LogP contribution in [0.15, 0.2) is 0 Å². The maximum Gasteiger partial charge on any atom is 0.308 e. The van der Waals surface area contributed by atoms with Crippen LogP contribution in [-0.4, -0.2) is 42.0 Å². The summed E-state index contributed by atoms with van der Waals surface area (Å²) >= 11 is 0. The third kappa shape index (κ3) is 3.43. The van der Waals surface area contributed by atoms with Crippen molar-refractivity contribution in [3.63, 3.8) is 0 Å². The minimum absolute atomic E-state index is 0.105. The fraction of sp³-hybridized carbons (Fsp3) is 0.923. The van der Waals surface area contributed by atoms with Crippen molar-refractivity contribution in [3.8, 4) is 0 Å². The second kappa shape index (κ2) is 5.99. The van der Waals surface area contributed by atoms with Crippen LogP contribution in [0.3, 0.4) is 0 Å². The van der Waals surface area contributed by atoms with E-state index in [0.717, 1.165) is 25.7 Å². The average Bonchev–Trinajstić information content (AvgIpc) is 2.76. The van der Waals surface area contributed by atoms with E-state index in [0.29, 0.717) is 13.0 Å². The summed E-state index contributed by atoms with van der Waals surface area (Å²) in [4.78, 5) is 11.9. The number of rotatable bonds is 4. The molecule has 5 nitrogen and oxygen atoms in total. The van der Waals surface area contributed by atoms with Gasteiger partial charge in [-0.25, -0.2) is 0 Å². The number of esters is 1. The van der Waals surface area contributed by atoms with E-state index in [1.165, 1.54) is 6.42 Å². The number of carbonyl (C=O) groups is 1. The van der Waals surface area contributed by atoms with Crippen LogP contribution in [0.2, 0.25) is 0 Å². The Bertz CT molecular complexity index is 289. The van der Waals surface area contributed by atoms with E-state index in [1.807, 2.05) is 0 Å². The van der Waals surface area contributed by atoms with Gasteiger partial charge in [0.15, 0.2) is 0 Å². The van der Waals surface area contributed by atoms with Crippen molar-refractivity contribution in [2.75, 3.05) is 13.2 Å². The van der Waals surface area contributed by atoms with Gasteiger partial charge in [0.25, 0.3) is 0 Å². The number of carbonyl (C=O) groups excluding carboxylic acids is 1. The summed E-state index contributed by atoms with van der Waals surface area (Å²) in [6, 6.07) is 0. The van der Waals surface area contributed by atoms with Crippen LogP contribution < -0.4 is 5.73 Å². The fourth-order valence-corrected chi connectivity index (χ4v) is 2.86. The van der Waals surface area contributed by atoms with Crippen molar-refractivity contribution in [1.29, 1.82) is 0 Å². The molecule has 104 valence electrons. The second-order valence-corrected chi connectivity index (χ2v) is 5.51. The van der Waals surface area contributed by atoms with Crippen LogP contribution >= 0.6 is 0 Å². The molecule has 2 fully saturated rings. The molecule has 2 aliphatic rings. The standard InChI is InChI=1S/C13H23NO4/c14-13(5-2-1-3-6-13)8-12(16)18-10-4-7-17-11(10)9-15/h10-11,15H,1-9,14H2. The van der Waals surface area contributed by atoms with Gasteiger partial charge in [0.2, 0.25) is 0 Å². The van der Waals surface area contributed by atoms with Gasteiger partial charge in [0.05, 0.1) is 19.6 Å². The summed E-state index contributed by atoms with van der Waals surface area (Å²) in [7, 11) is 0. The minimum Gasteiger partial charge on any atom is -0.459 e. The van der Waals surface area contributed by atoms with Crippen molar-refractivity contribution in [2.45, 2.75) is 62.7 Å². The Morgan fingerprint density at radius 1 is 1.39 bits per heavy atom. The molecular weight excluding hydrogens is 234 g/mol. The zero-order valence-corrected chi connectivity index (χ0v) is 10.8. The number of aliphatic hydroxyl groups is 1. The summed E-state index contributed by atoms with van der Waals surface area (Å²) in [5.41, 5.74) is 5.83. The van der Waals surface area contributed by atoms with Crippen LogP contribution in [0.25, 0.3) is 0 Å². The minimum atomic E-state index is -0.385. The monoisotopic (exact) mass is 257 g/mol. The lowest BCUT2D eigenvalue weighted by atomic mass is 9.80. The van der Waals surface area contributed by atoms with Crippen LogP contribution in [0.5, 0.6) is 0 Å². The molecule has 0 radical (unpaired) electrons. The van der Waals surface area contributed by atoms with E-state index in [1.54, 1.807) is 0 Å². The van der Waals surface area contributed by atoms with Crippen LogP contribution in [0, 0.1) is 0 Å². The van der Waals surface area contributed by atoms with Gasteiger partial charge in [0, 0.05) is 12.0 Å².